The predicted molar refractivity (Wildman–Crippen MR) is 89.5 cm³/mol. The fourth-order valence-corrected chi connectivity index (χ4v) is 3.19. The number of unbranched alkanes of at least 4 members (excludes halogenated alkanes) is 3. The standard InChI is InChI=1S/C19H31NO/c1-2-3-4-5-8-16-11-13-17(14-12-16)19(21)15-20-18-9-6-7-10-18/h11-14,18-21H,2-10,15H2,1H3. The SMILES string of the molecule is CCCCCCc1ccc(C(O)CNC2CCCC2)cc1. The van der Waals surface area contributed by atoms with E-state index < -0.39 is 0 Å². The molecule has 21 heavy (non-hydrogen) atoms. The zero-order valence-electron chi connectivity index (χ0n) is 13.5. The minimum Gasteiger partial charge on any atom is -0.387 e. The van der Waals surface area contributed by atoms with Gasteiger partial charge in [0.2, 0.25) is 0 Å². The van der Waals surface area contributed by atoms with Crippen LogP contribution >= 0.6 is 0 Å². The molecule has 2 nitrogen and oxygen atoms in total. The van der Waals surface area contributed by atoms with Crippen molar-refractivity contribution in [2.45, 2.75) is 76.9 Å². The lowest BCUT2D eigenvalue weighted by Crippen LogP contribution is -2.30. The molecule has 1 aliphatic carbocycles. The van der Waals surface area contributed by atoms with Crippen LogP contribution in [0.25, 0.3) is 0 Å². The molecule has 1 aromatic rings. The van der Waals surface area contributed by atoms with Crippen molar-refractivity contribution in [3.63, 3.8) is 0 Å². The highest BCUT2D eigenvalue weighted by Crippen LogP contribution is 2.19. The number of aliphatic hydroxyl groups excluding tert-OH is 1. The third-order valence-electron chi connectivity index (χ3n) is 4.64. The molecule has 2 rings (SSSR count). The topological polar surface area (TPSA) is 32.3 Å². The zero-order chi connectivity index (χ0) is 14.9. The van der Waals surface area contributed by atoms with Gasteiger partial charge in [-0.05, 0) is 36.8 Å². The maximum Gasteiger partial charge on any atom is 0.0914 e. The summed E-state index contributed by atoms with van der Waals surface area (Å²) in [4.78, 5) is 0. The Labute approximate surface area is 130 Å². The Balaban J connectivity index is 1.72. The summed E-state index contributed by atoms with van der Waals surface area (Å²) in [6.07, 6.45) is 11.2. The summed E-state index contributed by atoms with van der Waals surface area (Å²) in [7, 11) is 0. The highest BCUT2D eigenvalue weighted by atomic mass is 16.3. The molecule has 1 aliphatic rings. The van der Waals surface area contributed by atoms with Gasteiger partial charge >= 0.3 is 0 Å². The number of hydrogen-bond donors (Lipinski definition) is 2. The van der Waals surface area contributed by atoms with E-state index in [0.717, 1.165) is 12.0 Å². The van der Waals surface area contributed by atoms with Crippen LogP contribution in [0.3, 0.4) is 0 Å². The molecule has 2 heteroatoms. The summed E-state index contributed by atoms with van der Waals surface area (Å²) in [6.45, 7) is 2.93. The minimum atomic E-state index is -0.375. The van der Waals surface area contributed by atoms with Crippen molar-refractivity contribution >= 4 is 0 Å². The van der Waals surface area contributed by atoms with Gasteiger partial charge in [0.05, 0.1) is 6.10 Å². The van der Waals surface area contributed by atoms with Gasteiger partial charge in [0.1, 0.15) is 0 Å². The fourth-order valence-electron chi connectivity index (χ4n) is 3.19. The second-order valence-corrected chi connectivity index (χ2v) is 6.46. The van der Waals surface area contributed by atoms with Crippen LogP contribution in [0, 0.1) is 0 Å². The second kappa shape index (κ2) is 9.22. The minimum absolute atomic E-state index is 0.375. The zero-order valence-corrected chi connectivity index (χ0v) is 13.5. The first-order valence-electron chi connectivity index (χ1n) is 8.80. The number of aliphatic hydroxyl groups is 1. The van der Waals surface area contributed by atoms with Crippen molar-refractivity contribution in [1.82, 2.24) is 5.32 Å². The van der Waals surface area contributed by atoms with E-state index >= 15 is 0 Å². The third-order valence-corrected chi connectivity index (χ3v) is 4.64. The molecule has 0 saturated heterocycles. The molecular weight excluding hydrogens is 258 g/mol. The lowest BCUT2D eigenvalue weighted by molar-refractivity contribution is 0.170. The van der Waals surface area contributed by atoms with Crippen LogP contribution in [0.15, 0.2) is 24.3 Å². The first kappa shape index (κ1) is 16.5. The van der Waals surface area contributed by atoms with E-state index in [0.29, 0.717) is 12.6 Å². The predicted octanol–water partition coefficient (Wildman–Crippen LogP) is 4.38. The highest BCUT2D eigenvalue weighted by Gasteiger charge is 2.16. The highest BCUT2D eigenvalue weighted by molar-refractivity contribution is 5.24. The maximum absolute atomic E-state index is 10.3. The van der Waals surface area contributed by atoms with E-state index in [9.17, 15) is 5.11 Å². The number of rotatable bonds is 9. The van der Waals surface area contributed by atoms with E-state index in [1.807, 2.05) is 0 Å². The molecule has 0 heterocycles. The summed E-state index contributed by atoms with van der Waals surface area (Å²) in [5, 5.41) is 13.7. The van der Waals surface area contributed by atoms with Crippen molar-refractivity contribution in [3.05, 3.63) is 35.4 Å². The van der Waals surface area contributed by atoms with Crippen molar-refractivity contribution in [2.75, 3.05) is 6.54 Å². The monoisotopic (exact) mass is 289 g/mol. The van der Waals surface area contributed by atoms with Gasteiger partial charge in [-0.2, -0.15) is 0 Å². The van der Waals surface area contributed by atoms with Gasteiger partial charge < -0.3 is 10.4 Å². The van der Waals surface area contributed by atoms with Crippen molar-refractivity contribution in [1.29, 1.82) is 0 Å². The van der Waals surface area contributed by atoms with Gasteiger partial charge in [-0.15, -0.1) is 0 Å². The third kappa shape index (κ3) is 5.80. The van der Waals surface area contributed by atoms with Crippen LogP contribution in [0.1, 0.15) is 75.5 Å². The van der Waals surface area contributed by atoms with Crippen LogP contribution in [0.4, 0.5) is 0 Å². The molecule has 118 valence electrons. The molecule has 0 amide bonds. The summed E-state index contributed by atoms with van der Waals surface area (Å²) in [5.74, 6) is 0. The Morgan fingerprint density at radius 2 is 1.81 bits per heavy atom. The molecule has 0 radical (unpaired) electrons. The maximum atomic E-state index is 10.3. The Bertz CT molecular complexity index is 381. The molecular formula is C19H31NO. The van der Waals surface area contributed by atoms with Crippen LogP contribution in [-0.4, -0.2) is 17.7 Å². The van der Waals surface area contributed by atoms with E-state index in [-0.39, 0.29) is 6.10 Å². The largest absolute Gasteiger partial charge is 0.387 e. The molecule has 1 aromatic carbocycles. The van der Waals surface area contributed by atoms with Gasteiger partial charge in [-0.3, -0.25) is 0 Å². The van der Waals surface area contributed by atoms with Crippen molar-refractivity contribution in [3.8, 4) is 0 Å². The second-order valence-electron chi connectivity index (χ2n) is 6.46. The first-order chi connectivity index (χ1) is 10.3. The van der Waals surface area contributed by atoms with Gasteiger partial charge in [-0.1, -0.05) is 63.3 Å². The van der Waals surface area contributed by atoms with Crippen molar-refractivity contribution < 1.29 is 5.11 Å². The van der Waals surface area contributed by atoms with E-state index in [2.05, 4.69) is 36.5 Å². The lowest BCUT2D eigenvalue weighted by Gasteiger charge is -2.16. The van der Waals surface area contributed by atoms with Gasteiger partial charge in [0.15, 0.2) is 0 Å². The fraction of sp³-hybridized carbons (Fsp3) is 0.684. The average Bonchev–Trinajstić information content (AvgIpc) is 3.03. The van der Waals surface area contributed by atoms with Gasteiger partial charge in [-0.25, -0.2) is 0 Å². The Morgan fingerprint density at radius 1 is 1.10 bits per heavy atom. The quantitative estimate of drug-likeness (QED) is 0.661. The Kier molecular flexibility index (Phi) is 7.25. The average molecular weight is 289 g/mol. The van der Waals surface area contributed by atoms with Crippen molar-refractivity contribution in [2.24, 2.45) is 0 Å². The molecule has 0 spiro atoms. The van der Waals surface area contributed by atoms with E-state index in [1.165, 1.54) is 56.9 Å². The summed E-state index contributed by atoms with van der Waals surface area (Å²) < 4.78 is 0. The molecule has 1 saturated carbocycles. The molecule has 1 fully saturated rings. The number of benzene rings is 1. The smallest absolute Gasteiger partial charge is 0.0914 e. The first-order valence-corrected chi connectivity index (χ1v) is 8.80. The normalized spacial score (nSPS) is 17.2. The number of aryl methyl sites for hydroxylation is 1. The Hall–Kier alpha value is -0.860. The summed E-state index contributed by atoms with van der Waals surface area (Å²) >= 11 is 0. The number of hydrogen-bond acceptors (Lipinski definition) is 2. The molecule has 1 unspecified atom stereocenters. The molecule has 0 bridgehead atoms. The summed E-state index contributed by atoms with van der Waals surface area (Å²) in [6, 6.07) is 9.17. The van der Waals surface area contributed by atoms with Crippen LogP contribution in [0.2, 0.25) is 0 Å². The lowest BCUT2D eigenvalue weighted by atomic mass is 10.0. The summed E-state index contributed by atoms with van der Waals surface area (Å²) in [5.41, 5.74) is 2.43. The number of nitrogens with one attached hydrogen (secondary N) is 1. The Morgan fingerprint density at radius 3 is 2.48 bits per heavy atom. The van der Waals surface area contributed by atoms with Gasteiger partial charge in [0.25, 0.3) is 0 Å². The van der Waals surface area contributed by atoms with Gasteiger partial charge in [0, 0.05) is 12.6 Å². The van der Waals surface area contributed by atoms with Crippen LogP contribution < -0.4 is 5.32 Å². The molecule has 1 atom stereocenters. The van der Waals surface area contributed by atoms with E-state index in [4.69, 9.17) is 0 Å². The van der Waals surface area contributed by atoms with Crippen LogP contribution in [0.5, 0.6) is 0 Å². The van der Waals surface area contributed by atoms with E-state index in [1.54, 1.807) is 0 Å². The molecule has 0 aliphatic heterocycles. The van der Waals surface area contributed by atoms with Crippen LogP contribution in [-0.2, 0) is 6.42 Å². The molecule has 2 N–H and O–H groups in total. The molecule has 0 aromatic heterocycles.